The van der Waals surface area contributed by atoms with Crippen LogP contribution in [0.3, 0.4) is 0 Å². The highest BCUT2D eigenvalue weighted by Gasteiger charge is 2.04. The molecule has 0 aromatic rings. The van der Waals surface area contributed by atoms with Gasteiger partial charge in [0.1, 0.15) is 11.8 Å². The van der Waals surface area contributed by atoms with Crippen molar-refractivity contribution in [1.82, 2.24) is 10.2 Å². The second kappa shape index (κ2) is 1.62. The van der Waals surface area contributed by atoms with Crippen molar-refractivity contribution in [1.29, 1.82) is 0 Å². The Hall–Kier alpha value is -0.370. The van der Waals surface area contributed by atoms with E-state index in [0.717, 1.165) is 5.16 Å². The first kappa shape index (κ1) is 4.78. The molecule has 2 nitrogen and oxygen atoms in total. The van der Waals surface area contributed by atoms with E-state index in [0.29, 0.717) is 0 Å². The zero-order chi connectivity index (χ0) is 5.28. The second-order valence-electron chi connectivity index (χ2n) is 1.37. The van der Waals surface area contributed by atoms with E-state index in [9.17, 15) is 0 Å². The van der Waals surface area contributed by atoms with Crippen LogP contribution in [0.2, 0.25) is 0 Å². The van der Waals surface area contributed by atoms with Crippen LogP contribution in [0, 0.1) is 6.67 Å². The van der Waals surface area contributed by atoms with Crippen LogP contribution < -0.4 is 5.32 Å². The summed E-state index contributed by atoms with van der Waals surface area (Å²) in [4.78, 5) is 1.79. The van der Waals surface area contributed by atoms with Gasteiger partial charge in [-0.05, 0) is 0 Å². The molecule has 0 saturated carbocycles. The molecule has 0 spiro atoms. The fourth-order valence-electron chi connectivity index (χ4n) is 0.381. The average molecular weight is 118 g/mol. The minimum Gasteiger partial charge on any atom is -0.366 e. The van der Waals surface area contributed by atoms with Crippen molar-refractivity contribution in [2.24, 2.45) is 0 Å². The van der Waals surface area contributed by atoms with E-state index in [1.165, 1.54) is 0 Å². The maximum atomic E-state index is 5.56. The first-order valence-corrected chi connectivity index (χ1v) is 2.36. The molecule has 0 saturated heterocycles. The van der Waals surface area contributed by atoms with Crippen molar-refractivity contribution in [3.63, 3.8) is 0 Å². The lowest BCUT2D eigenvalue weighted by Gasteiger charge is -2.05. The molecule has 0 unspecified atom stereocenters. The molecule has 1 radical (unpaired) electrons. The van der Waals surface area contributed by atoms with E-state index in [2.05, 4.69) is 5.32 Å². The Bertz CT molecular complexity index is 99.9. The molecule has 39 valence electrons. The third-order valence-corrected chi connectivity index (χ3v) is 1.18. The van der Waals surface area contributed by atoms with E-state index in [-0.39, 0.29) is 0 Å². The van der Waals surface area contributed by atoms with Crippen molar-refractivity contribution in [3.8, 4) is 0 Å². The molecule has 0 atom stereocenters. The van der Waals surface area contributed by atoms with Crippen LogP contribution in [0.1, 0.15) is 0 Å². The average Bonchev–Trinajstić information content (AvgIpc) is 1.91. The first-order valence-electron chi connectivity index (χ1n) is 1.98. The Morgan fingerprint density at radius 2 is 2.57 bits per heavy atom. The van der Waals surface area contributed by atoms with Crippen molar-refractivity contribution >= 4 is 11.6 Å². The molecule has 1 N–H and O–H groups in total. The third kappa shape index (κ3) is 0.800. The van der Waals surface area contributed by atoms with Crippen LogP contribution in [0.5, 0.6) is 0 Å². The van der Waals surface area contributed by atoms with Gasteiger partial charge in [-0.25, -0.2) is 0 Å². The Balaban J connectivity index is 2.54. The maximum Gasteiger partial charge on any atom is 0.139 e. The molecular formula is C4H6ClN2. The zero-order valence-electron chi connectivity index (χ0n) is 3.98. The zero-order valence-corrected chi connectivity index (χ0v) is 4.74. The van der Waals surface area contributed by atoms with Crippen molar-refractivity contribution in [3.05, 3.63) is 18.0 Å². The summed E-state index contributed by atoms with van der Waals surface area (Å²) in [5.41, 5.74) is 0. The molecule has 1 rings (SSSR count). The van der Waals surface area contributed by atoms with E-state index < -0.39 is 0 Å². The number of hydrogen-bond donors (Lipinski definition) is 1. The van der Waals surface area contributed by atoms with Gasteiger partial charge in [-0.15, -0.1) is 0 Å². The fourth-order valence-corrected chi connectivity index (χ4v) is 0.493. The summed E-state index contributed by atoms with van der Waals surface area (Å²) in [6.07, 6.45) is 1.72. The predicted molar refractivity (Wildman–Crippen MR) is 29.1 cm³/mol. The Morgan fingerprint density at radius 1 is 1.86 bits per heavy atom. The molecule has 1 aliphatic heterocycles. The molecule has 0 aromatic carbocycles. The number of nitrogens with one attached hydrogen (secondary N) is 1. The molecule has 1 aliphatic rings. The van der Waals surface area contributed by atoms with Crippen LogP contribution in [-0.2, 0) is 0 Å². The third-order valence-electron chi connectivity index (χ3n) is 0.808. The van der Waals surface area contributed by atoms with E-state index in [1.54, 1.807) is 17.8 Å². The molecule has 7 heavy (non-hydrogen) atoms. The largest absolute Gasteiger partial charge is 0.366 e. The minimum atomic E-state index is 0.722. The summed E-state index contributed by atoms with van der Waals surface area (Å²) in [7, 11) is 1.87. The van der Waals surface area contributed by atoms with Crippen molar-refractivity contribution in [2.45, 2.75) is 0 Å². The Labute approximate surface area is 47.8 Å². The lowest BCUT2D eigenvalue weighted by molar-refractivity contribution is 0.546. The smallest absolute Gasteiger partial charge is 0.139 e. The van der Waals surface area contributed by atoms with Gasteiger partial charge >= 0.3 is 0 Å². The molecule has 0 fully saturated rings. The summed E-state index contributed by atoms with van der Waals surface area (Å²) in [5.74, 6) is 0. The van der Waals surface area contributed by atoms with E-state index in [1.807, 2.05) is 7.05 Å². The second-order valence-corrected chi connectivity index (χ2v) is 1.76. The van der Waals surface area contributed by atoms with E-state index >= 15 is 0 Å². The van der Waals surface area contributed by atoms with Gasteiger partial charge in [-0.2, -0.15) is 0 Å². The highest BCUT2D eigenvalue weighted by molar-refractivity contribution is 6.29. The highest BCUT2D eigenvalue weighted by atomic mass is 35.5. The summed E-state index contributed by atoms with van der Waals surface area (Å²) in [6.45, 7) is 1.78. The molecule has 0 aliphatic carbocycles. The predicted octanol–water partition coefficient (Wildman–Crippen LogP) is 0.678. The monoisotopic (exact) mass is 117 g/mol. The van der Waals surface area contributed by atoms with Gasteiger partial charge in [-0.1, -0.05) is 11.6 Å². The van der Waals surface area contributed by atoms with Crippen LogP contribution >= 0.6 is 11.6 Å². The molecular weight excluding hydrogens is 112 g/mol. The van der Waals surface area contributed by atoms with Gasteiger partial charge < -0.3 is 10.2 Å². The summed E-state index contributed by atoms with van der Waals surface area (Å²) < 4.78 is 0. The van der Waals surface area contributed by atoms with Gasteiger partial charge in [0.25, 0.3) is 0 Å². The molecule has 0 bridgehead atoms. The van der Waals surface area contributed by atoms with Gasteiger partial charge in [0.2, 0.25) is 0 Å². The minimum absolute atomic E-state index is 0.722. The first-order chi connectivity index (χ1) is 3.30. The van der Waals surface area contributed by atoms with Gasteiger partial charge in [0.15, 0.2) is 0 Å². The summed E-state index contributed by atoms with van der Waals surface area (Å²) >= 11 is 5.56. The normalized spacial score (nSPS) is 19.1. The summed E-state index contributed by atoms with van der Waals surface area (Å²) in [6, 6.07) is 0. The van der Waals surface area contributed by atoms with Gasteiger partial charge in [-0.3, -0.25) is 0 Å². The van der Waals surface area contributed by atoms with Crippen LogP contribution in [-0.4, -0.2) is 11.9 Å². The van der Waals surface area contributed by atoms with Crippen molar-refractivity contribution in [2.75, 3.05) is 7.05 Å². The van der Waals surface area contributed by atoms with E-state index in [4.69, 9.17) is 11.6 Å². The number of halogens is 1. The topological polar surface area (TPSA) is 15.3 Å². The quantitative estimate of drug-likeness (QED) is 0.470. The Morgan fingerprint density at radius 3 is 2.71 bits per heavy atom. The molecule has 0 amide bonds. The fraction of sp³-hybridized carbons (Fsp3) is 0.250. The van der Waals surface area contributed by atoms with Crippen LogP contribution in [0.15, 0.2) is 11.4 Å². The van der Waals surface area contributed by atoms with Crippen molar-refractivity contribution < 1.29 is 0 Å². The Kier molecular flexibility index (Phi) is 1.11. The number of rotatable bonds is 0. The molecule has 0 aromatic heterocycles. The van der Waals surface area contributed by atoms with Gasteiger partial charge in [0, 0.05) is 13.2 Å². The highest BCUT2D eigenvalue weighted by Crippen LogP contribution is 2.10. The van der Waals surface area contributed by atoms with Crippen LogP contribution in [0.25, 0.3) is 0 Å². The lowest BCUT2D eigenvalue weighted by Crippen LogP contribution is -2.09. The van der Waals surface area contributed by atoms with Crippen LogP contribution in [0.4, 0.5) is 0 Å². The lowest BCUT2D eigenvalue weighted by atomic mass is 10.8. The molecule has 1 heterocycles. The molecule has 3 heteroatoms. The summed E-state index contributed by atoms with van der Waals surface area (Å²) in [5, 5.41) is 3.55. The maximum absolute atomic E-state index is 5.56. The standard InChI is InChI=1S/C4H6ClN2/c1-7-3-6-2-4(7)5/h2-3,6H,1H3. The van der Waals surface area contributed by atoms with Gasteiger partial charge in [0.05, 0.1) is 0 Å². The number of nitrogens with zero attached hydrogens (tertiary/aromatic N) is 1. The SMILES string of the molecule is CN1[CH]NC=C1Cl. The number of hydrogen-bond acceptors (Lipinski definition) is 2.